The van der Waals surface area contributed by atoms with Crippen molar-refractivity contribution in [3.63, 3.8) is 0 Å². The minimum Gasteiger partial charge on any atom is -0.493 e. The normalized spacial score (nSPS) is 20.0. The van der Waals surface area contributed by atoms with Crippen molar-refractivity contribution in [2.45, 2.75) is 70.1 Å². The number of carbonyl (C=O) groups excluding carboxylic acids is 2. The average Bonchev–Trinajstić information content (AvgIpc) is 2.91. The average molecular weight is 546 g/mol. The number of nitrogens with zero attached hydrogens (tertiary/aromatic N) is 1. The zero-order valence-corrected chi connectivity index (χ0v) is 22.5. The first kappa shape index (κ1) is 28.2. The van der Waals surface area contributed by atoms with Crippen molar-refractivity contribution in [2.75, 3.05) is 24.7 Å². The molecule has 1 aromatic heterocycles. The second-order valence-corrected chi connectivity index (χ2v) is 11.1. The van der Waals surface area contributed by atoms with Gasteiger partial charge < -0.3 is 25.2 Å². The molecule has 2 heterocycles. The summed E-state index contributed by atoms with van der Waals surface area (Å²) in [6.45, 7) is 2.29. The molecule has 1 saturated heterocycles. The number of thioether (sulfide) groups is 1. The fourth-order valence-corrected chi connectivity index (χ4v) is 5.79. The van der Waals surface area contributed by atoms with Crippen molar-refractivity contribution in [1.29, 1.82) is 0 Å². The number of nitrogens with one attached hydrogen (secondary N) is 2. The molecule has 1 aliphatic heterocycles. The first-order valence-electron chi connectivity index (χ1n) is 13.3. The van der Waals surface area contributed by atoms with Crippen molar-refractivity contribution >= 4 is 23.6 Å². The second kappa shape index (κ2) is 13.8. The monoisotopic (exact) mass is 545 g/mol. The molecule has 1 aliphatic carbocycles. The summed E-state index contributed by atoms with van der Waals surface area (Å²) in [5.41, 5.74) is 1.56. The van der Waals surface area contributed by atoms with Crippen LogP contribution in [0.5, 0.6) is 11.6 Å². The Kier molecular flexibility index (Phi) is 10.2. The van der Waals surface area contributed by atoms with Crippen molar-refractivity contribution in [1.82, 2.24) is 15.6 Å². The molecule has 2 fully saturated rings. The number of aliphatic hydroxyl groups is 1. The summed E-state index contributed by atoms with van der Waals surface area (Å²) in [5, 5.41) is 15.1. The van der Waals surface area contributed by atoms with Gasteiger partial charge in [-0.25, -0.2) is 9.37 Å². The number of ether oxygens (including phenoxy) is 2. The summed E-state index contributed by atoms with van der Waals surface area (Å²) in [7, 11) is 0. The van der Waals surface area contributed by atoms with E-state index < -0.39 is 11.7 Å². The van der Waals surface area contributed by atoms with Crippen LogP contribution in [0.25, 0.3) is 0 Å². The Morgan fingerprint density at radius 2 is 1.68 bits per heavy atom. The van der Waals surface area contributed by atoms with Crippen LogP contribution in [0.2, 0.25) is 0 Å². The number of rotatable bonds is 10. The number of aryl methyl sites for hydroxylation is 1. The van der Waals surface area contributed by atoms with E-state index in [1.165, 1.54) is 6.07 Å². The van der Waals surface area contributed by atoms with Crippen LogP contribution in [0.15, 0.2) is 30.5 Å². The summed E-state index contributed by atoms with van der Waals surface area (Å²) in [6, 6.07) is 6.51. The van der Waals surface area contributed by atoms with Crippen molar-refractivity contribution in [3.8, 4) is 11.6 Å². The Labute approximate surface area is 227 Å². The minimum absolute atomic E-state index is 0.0195. The maximum Gasteiger partial charge on any atom is 0.257 e. The van der Waals surface area contributed by atoms with E-state index in [0.717, 1.165) is 36.1 Å². The number of hydrogen-bond donors (Lipinski definition) is 3. The molecule has 206 valence electrons. The fraction of sp³-hybridized carbons (Fsp3) is 0.536. The van der Waals surface area contributed by atoms with E-state index in [-0.39, 0.29) is 42.1 Å². The van der Waals surface area contributed by atoms with E-state index >= 15 is 0 Å². The molecule has 1 aromatic carbocycles. The van der Waals surface area contributed by atoms with E-state index in [2.05, 4.69) is 15.6 Å². The second-order valence-electron chi connectivity index (χ2n) is 9.86. The van der Waals surface area contributed by atoms with Gasteiger partial charge in [-0.1, -0.05) is 6.07 Å². The topological polar surface area (TPSA) is 110 Å². The molecule has 2 aliphatic rings. The van der Waals surface area contributed by atoms with E-state index in [1.807, 2.05) is 30.8 Å². The van der Waals surface area contributed by atoms with Gasteiger partial charge >= 0.3 is 0 Å². The molecular weight excluding hydrogens is 509 g/mol. The summed E-state index contributed by atoms with van der Waals surface area (Å²) in [5.74, 6) is 1.50. The minimum atomic E-state index is -0.580. The third kappa shape index (κ3) is 7.83. The highest BCUT2D eigenvalue weighted by atomic mass is 32.2. The van der Waals surface area contributed by atoms with Crippen LogP contribution in [0.3, 0.4) is 0 Å². The van der Waals surface area contributed by atoms with Crippen LogP contribution in [0, 0.1) is 12.7 Å². The predicted molar refractivity (Wildman–Crippen MR) is 145 cm³/mol. The largest absolute Gasteiger partial charge is 0.493 e. The quantitative estimate of drug-likeness (QED) is 0.387. The number of carbonyl (C=O) groups is 2. The van der Waals surface area contributed by atoms with Gasteiger partial charge in [-0.05, 0) is 80.7 Å². The van der Waals surface area contributed by atoms with Crippen molar-refractivity contribution < 1.29 is 28.6 Å². The molecule has 38 heavy (non-hydrogen) atoms. The maximum absolute atomic E-state index is 14.0. The summed E-state index contributed by atoms with van der Waals surface area (Å²) >= 11 is 1.87. The third-order valence-corrected chi connectivity index (χ3v) is 7.90. The molecule has 1 saturated carbocycles. The number of hydrogen-bond acceptors (Lipinski definition) is 7. The van der Waals surface area contributed by atoms with Gasteiger partial charge in [-0.2, -0.15) is 11.8 Å². The third-order valence-electron chi connectivity index (χ3n) is 6.85. The summed E-state index contributed by atoms with van der Waals surface area (Å²) in [6.07, 6.45) is 6.07. The van der Waals surface area contributed by atoms with Gasteiger partial charge in [0.1, 0.15) is 23.2 Å². The molecule has 4 rings (SSSR count). The lowest BCUT2D eigenvalue weighted by Crippen LogP contribution is -2.44. The number of aromatic nitrogens is 1. The number of aliphatic hydroxyl groups excluding tert-OH is 1. The molecule has 0 unspecified atom stereocenters. The smallest absolute Gasteiger partial charge is 0.257 e. The molecule has 0 bridgehead atoms. The van der Waals surface area contributed by atoms with Crippen molar-refractivity contribution in [3.05, 3.63) is 53.0 Å². The molecule has 0 radical (unpaired) electrons. The maximum atomic E-state index is 14.0. The van der Waals surface area contributed by atoms with Gasteiger partial charge in [0, 0.05) is 25.1 Å². The van der Waals surface area contributed by atoms with Crippen LogP contribution in [0.1, 0.15) is 71.2 Å². The first-order valence-corrected chi connectivity index (χ1v) is 14.4. The van der Waals surface area contributed by atoms with Crippen molar-refractivity contribution in [2.24, 2.45) is 0 Å². The summed E-state index contributed by atoms with van der Waals surface area (Å²) < 4.78 is 25.7. The number of amides is 2. The molecule has 0 atom stereocenters. The zero-order valence-electron chi connectivity index (χ0n) is 21.7. The number of halogens is 1. The summed E-state index contributed by atoms with van der Waals surface area (Å²) in [4.78, 5) is 30.1. The van der Waals surface area contributed by atoms with Crippen LogP contribution < -0.4 is 20.1 Å². The van der Waals surface area contributed by atoms with E-state index in [1.54, 1.807) is 6.07 Å². The Bertz CT molecular complexity index is 1100. The lowest BCUT2D eigenvalue weighted by Gasteiger charge is -2.30. The fourth-order valence-electron chi connectivity index (χ4n) is 4.73. The molecular formula is C28H36FN3O5S. The molecule has 0 spiro atoms. The highest BCUT2D eigenvalue weighted by molar-refractivity contribution is 7.99. The predicted octanol–water partition coefficient (Wildman–Crippen LogP) is 4.04. The zero-order chi connectivity index (χ0) is 26.9. The van der Waals surface area contributed by atoms with E-state index in [9.17, 15) is 14.0 Å². The Morgan fingerprint density at radius 3 is 2.34 bits per heavy atom. The number of benzene rings is 1. The van der Waals surface area contributed by atoms with Crippen LogP contribution in [0.4, 0.5) is 4.39 Å². The van der Waals surface area contributed by atoms with Gasteiger partial charge in [-0.15, -0.1) is 0 Å². The van der Waals surface area contributed by atoms with Crippen LogP contribution in [-0.4, -0.2) is 64.8 Å². The SMILES string of the molecule is Cc1ccc(C(=O)NC2CCC(NC(=O)c3cc(F)cnc3OC3CCSCC3)CC2)c(OCCCO)c1. The van der Waals surface area contributed by atoms with Gasteiger partial charge in [-0.3, -0.25) is 9.59 Å². The van der Waals surface area contributed by atoms with E-state index in [4.69, 9.17) is 14.6 Å². The van der Waals surface area contributed by atoms with Gasteiger partial charge in [0.25, 0.3) is 11.8 Å². The van der Waals surface area contributed by atoms with Gasteiger partial charge in [0.15, 0.2) is 0 Å². The Balaban J connectivity index is 1.30. The Hall–Kier alpha value is -2.85. The molecule has 8 nitrogen and oxygen atoms in total. The molecule has 3 N–H and O–H groups in total. The van der Waals surface area contributed by atoms with Gasteiger partial charge in [0.2, 0.25) is 5.88 Å². The number of pyridine rings is 1. The molecule has 10 heteroatoms. The lowest BCUT2D eigenvalue weighted by atomic mass is 9.90. The molecule has 2 aromatic rings. The highest BCUT2D eigenvalue weighted by Crippen LogP contribution is 2.26. The van der Waals surface area contributed by atoms with Crippen LogP contribution >= 0.6 is 11.8 Å². The molecule has 2 amide bonds. The highest BCUT2D eigenvalue weighted by Gasteiger charge is 2.27. The standard InChI is InChI=1S/C28H36FN3O5S/c1-18-3-8-23(25(15-18)36-12-2-11-33)26(34)31-20-4-6-21(7-5-20)32-27(35)24-16-19(29)17-30-28(24)37-22-9-13-38-14-10-22/h3,8,15-17,20-22,33H,2,4-7,9-14H2,1H3,(H,31,34)(H,32,35). The lowest BCUT2D eigenvalue weighted by molar-refractivity contribution is 0.0883. The van der Waals surface area contributed by atoms with Gasteiger partial charge in [0.05, 0.1) is 18.4 Å². The Morgan fingerprint density at radius 1 is 1.03 bits per heavy atom. The van der Waals surface area contributed by atoms with Crippen LogP contribution in [-0.2, 0) is 0 Å². The first-order chi connectivity index (χ1) is 18.4. The van der Waals surface area contributed by atoms with E-state index in [0.29, 0.717) is 50.0 Å².